The molecule has 0 atom stereocenters. The van der Waals surface area contributed by atoms with E-state index in [0.717, 1.165) is 0 Å². The van der Waals surface area contributed by atoms with E-state index in [9.17, 15) is 18.0 Å². The minimum Gasteiger partial charge on any atom is -0.317 e. The molecule has 0 aromatic carbocycles. The highest BCUT2D eigenvalue weighted by atomic mass is 32.2. The summed E-state index contributed by atoms with van der Waals surface area (Å²) in [5.74, 6) is 0. The molecule has 80 valence electrons. The topological polar surface area (TPSA) is 45.8 Å². The summed E-state index contributed by atoms with van der Waals surface area (Å²) in [5, 5.41) is 9.81. The molecule has 0 spiro atoms. The molecule has 0 aliphatic carbocycles. The van der Waals surface area contributed by atoms with Gasteiger partial charge in [-0.25, -0.2) is 0 Å². The monoisotopic (exact) mass is 237 g/mol. The van der Waals surface area contributed by atoms with Crippen molar-refractivity contribution in [3.05, 3.63) is 28.2 Å². The minimum atomic E-state index is -4.80. The predicted molar refractivity (Wildman–Crippen MR) is 48.2 cm³/mol. The number of alkyl halides is 3. The molecule has 1 rings (SSSR count). The van der Waals surface area contributed by atoms with Gasteiger partial charge in [0.25, 0.3) is 5.56 Å². The van der Waals surface area contributed by atoms with Crippen LogP contribution in [-0.2, 0) is 13.2 Å². The first-order valence-electron chi connectivity index (χ1n) is 4.97. The summed E-state index contributed by atoms with van der Waals surface area (Å²) in [5.41, 5.74) is -2.45. The molecule has 1 aromatic heterocycles. The molecule has 3 nitrogen and oxygen atoms in total. The second kappa shape index (κ2) is 3.98. The fourth-order valence-corrected chi connectivity index (χ4v) is 1.30. The van der Waals surface area contributed by atoms with E-state index in [0.29, 0.717) is 6.07 Å². The first-order chi connectivity index (χ1) is 8.07. The maximum Gasteiger partial charge on any atom is 0.417 e. The third-order valence-corrected chi connectivity index (χ3v) is 2.07. The van der Waals surface area contributed by atoms with Crippen molar-refractivity contribution in [2.45, 2.75) is 11.1 Å². The smallest absolute Gasteiger partial charge is 0.317 e. The molecular formula is C8H5F3N2OS. The number of nitrogens with zero attached hydrogens (tertiary/aromatic N) is 2. The highest BCUT2D eigenvalue weighted by Gasteiger charge is 2.31. The molecule has 0 aliphatic rings. The van der Waals surface area contributed by atoms with Crippen LogP contribution in [0.2, 0.25) is 0 Å². The van der Waals surface area contributed by atoms with Crippen molar-refractivity contribution < 1.29 is 17.3 Å². The second-order valence-corrected chi connectivity index (χ2v) is 3.29. The van der Waals surface area contributed by atoms with Gasteiger partial charge in [-0.15, -0.1) is 0 Å². The highest BCUT2D eigenvalue weighted by Crippen LogP contribution is 2.30. The van der Waals surface area contributed by atoms with Gasteiger partial charge in [0.1, 0.15) is 5.40 Å². The molecule has 0 N–H and O–H groups in total. The van der Waals surface area contributed by atoms with E-state index >= 15 is 0 Å². The molecule has 15 heavy (non-hydrogen) atoms. The van der Waals surface area contributed by atoms with Crippen molar-refractivity contribution >= 4 is 11.8 Å². The molecule has 1 aromatic rings. The number of pyridine rings is 1. The Morgan fingerprint density at radius 3 is 2.80 bits per heavy atom. The Labute approximate surface area is 91.3 Å². The van der Waals surface area contributed by atoms with E-state index in [1.807, 2.05) is 0 Å². The number of rotatable bonds is 1. The zero-order valence-electron chi connectivity index (χ0n) is 10.00. The van der Waals surface area contributed by atoms with Crippen LogP contribution in [0.4, 0.5) is 13.2 Å². The van der Waals surface area contributed by atoms with Gasteiger partial charge in [0.2, 0.25) is 0 Å². The predicted octanol–water partition coefficient (Wildman–Crippen LogP) is 1.98. The zero-order chi connectivity index (χ0) is 14.1. The lowest BCUT2D eigenvalue weighted by molar-refractivity contribution is -0.138. The Kier molecular flexibility index (Phi) is 2.08. The molecule has 0 saturated carbocycles. The van der Waals surface area contributed by atoms with Crippen LogP contribution < -0.4 is 5.56 Å². The standard InChI is InChI=1S/C8H5F3N2OS/c1-13-3-5(8(9,10)11)2-6(7(13)14)15-4-12/h2-3H,1H3/i1D3. The molecule has 7 heteroatoms. The average Bonchev–Trinajstić information content (AvgIpc) is 2.17. The fraction of sp³-hybridized carbons (Fsp3) is 0.250. The Bertz CT molecular complexity index is 559. The van der Waals surface area contributed by atoms with E-state index in [1.54, 1.807) is 0 Å². The van der Waals surface area contributed by atoms with Gasteiger partial charge in [-0.3, -0.25) is 4.79 Å². The van der Waals surface area contributed by atoms with Gasteiger partial charge in [-0.2, -0.15) is 18.4 Å². The summed E-state index contributed by atoms with van der Waals surface area (Å²) >= 11 is 0.185. The zero-order valence-corrected chi connectivity index (χ0v) is 7.82. The normalized spacial score (nSPS) is 14.9. The summed E-state index contributed by atoms with van der Waals surface area (Å²) < 4.78 is 58.5. The van der Waals surface area contributed by atoms with Crippen molar-refractivity contribution in [1.82, 2.24) is 4.57 Å². The highest BCUT2D eigenvalue weighted by molar-refractivity contribution is 8.03. The first-order valence-corrected chi connectivity index (χ1v) is 4.29. The van der Waals surface area contributed by atoms with Gasteiger partial charge in [0, 0.05) is 17.3 Å². The number of thioether (sulfide) groups is 1. The molecule has 0 bridgehead atoms. The van der Waals surface area contributed by atoms with Crippen LogP contribution in [0.5, 0.6) is 0 Å². The van der Waals surface area contributed by atoms with Crippen molar-refractivity contribution in [3.8, 4) is 5.40 Å². The number of nitriles is 1. The number of aromatic nitrogens is 1. The summed E-state index contributed by atoms with van der Waals surface area (Å²) in [4.78, 5) is 11.0. The van der Waals surface area contributed by atoms with Crippen LogP contribution in [0.3, 0.4) is 0 Å². The van der Waals surface area contributed by atoms with E-state index < -0.39 is 29.2 Å². The third-order valence-electron chi connectivity index (χ3n) is 1.47. The molecule has 0 amide bonds. The number of hydrogen-bond acceptors (Lipinski definition) is 3. The number of hydrogen-bond donors (Lipinski definition) is 0. The Morgan fingerprint density at radius 1 is 1.67 bits per heavy atom. The van der Waals surface area contributed by atoms with Crippen molar-refractivity contribution in [2.75, 3.05) is 0 Å². The van der Waals surface area contributed by atoms with Gasteiger partial charge in [-0.05, 0) is 17.8 Å². The molecule has 0 fully saturated rings. The summed E-state index contributed by atoms with van der Waals surface area (Å²) in [6.07, 6.45) is -4.58. The molecule has 1 heterocycles. The molecule has 0 radical (unpaired) electrons. The quantitative estimate of drug-likeness (QED) is 0.554. The molecular weight excluding hydrogens is 229 g/mol. The summed E-state index contributed by atoms with van der Waals surface area (Å²) in [7, 11) is 0. The van der Waals surface area contributed by atoms with Gasteiger partial charge in [-0.1, -0.05) is 0 Å². The molecule has 0 aliphatic heterocycles. The van der Waals surface area contributed by atoms with Crippen LogP contribution in [0.15, 0.2) is 22.0 Å². The van der Waals surface area contributed by atoms with Crippen LogP contribution in [0.1, 0.15) is 9.68 Å². The number of thiocyanates is 1. The van der Waals surface area contributed by atoms with E-state index in [1.165, 1.54) is 5.40 Å². The maximum atomic E-state index is 12.5. The van der Waals surface area contributed by atoms with E-state index in [4.69, 9.17) is 9.37 Å². The van der Waals surface area contributed by atoms with E-state index in [-0.39, 0.29) is 22.5 Å². The third kappa shape index (κ3) is 2.53. The summed E-state index contributed by atoms with van der Waals surface area (Å²) in [6, 6.07) is 0.457. The van der Waals surface area contributed by atoms with Gasteiger partial charge in [0.15, 0.2) is 0 Å². The van der Waals surface area contributed by atoms with Crippen molar-refractivity contribution in [1.29, 1.82) is 5.26 Å². The molecule has 0 unspecified atom stereocenters. The van der Waals surface area contributed by atoms with Crippen LogP contribution in [0, 0.1) is 10.7 Å². The number of halogens is 3. The van der Waals surface area contributed by atoms with Crippen LogP contribution in [-0.4, -0.2) is 4.57 Å². The van der Waals surface area contributed by atoms with Gasteiger partial charge in [0.05, 0.1) is 10.5 Å². The first kappa shape index (κ1) is 7.82. The largest absolute Gasteiger partial charge is 0.417 e. The lowest BCUT2D eigenvalue weighted by Gasteiger charge is -2.09. The lowest BCUT2D eigenvalue weighted by atomic mass is 10.3. The minimum absolute atomic E-state index is 0.00447. The average molecular weight is 237 g/mol. The lowest BCUT2D eigenvalue weighted by Crippen LogP contribution is -2.21. The Balaban J connectivity index is 3.59. The van der Waals surface area contributed by atoms with E-state index in [2.05, 4.69) is 0 Å². The van der Waals surface area contributed by atoms with Crippen LogP contribution in [0.25, 0.3) is 0 Å². The molecule has 0 saturated heterocycles. The Morgan fingerprint density at radius 2 is 2.33 bits per heavy atom. The van der Waals surface area contributed by atoms with Crippen molar-refractivity contribution in [3.63, 3.8) is 0 Å². The van der Waals surface area contributed by atoms with Crippen molar-refractivity contribution in [2.24, 2.45) is 6.98 Å². The van der Waals surface area contributed by atoms with Gasteiger partial charge >= 0.3 is 6.18 Å². The fourth-order valence-electron chi connectivity index (χ4n) is 0.834. The van der Waals surface area contributed by atoms with Crippen LogP contribution >= 0.6 is 11.8 Å². The maximum absolute atomic E-state index is 12.5. The SMILES string of the molecule is [2H]C([2H])([2H])n1cc(C(F)(F)F)cc(SC#N)c1=O. The second-order valence-electron chi connectivity index (χ2n) is 2.46. The summed E-state index contributed by atoms with van der Waals surface area (Å²) in [6.45, 7) is -3.04. The Hall–Kier alpha value is -1.42. The number of aryl methyl sites for hydroxylation is 1. The van der Waals surface area contributed by atoms with Gasteiger partial charge < -0.3 is 4.57 Å².